The first kappa shape index (κ1) is 40.7. The number of Topliss-reactive ketones (excluding diaryl/α,β-unsaturated/α-hetero) is 1. The van der Waals surface area contributed by atoms with Gasteiger partial charge in [0.15, 0.2) is 12.6 Å². The molecule has 312 valence electrons. The zero-order valence-electron chi connectivity index (χ0n) is 33.6. The highest BCUT2D eigenvalue weighted by Crippen LogP contribution is 2.78. The molecule has 0 radical (unpaired) electrons. The molecule has 20 atom stereocenters. The molecule has 5 aliphatic carbocycles. The summed E-state index contributed by atoms with van der Waals surface area (Å²) in [5, 5.41) is 75.0. The maximum Gasteiger partial charge on any atom is 0.187 e. The van der Waals surface area contributed by atoms with Crippen molar-refractivity contribution in [3.8, 4) is 0 Å². The minimum Gasteiger partial charge on any atom is -0.396 e. The number of allylic oxidation sites excluding steroid dienone is 1. The lowest BCUT2D eigenvalue weighted by Crippen LogP contribution is -2.72. The van der Waals surface area contributed by atoms with Crippen molar-refractivity contribution in [3.05, 3.63) is 12.2 Å². The van der Waals surface area contributed by atoms with E-state index in [1.807, 2.05) is 6.92 Å². The molecule has 55 heavy (non-hydrogen) atoms. The van der Waals surface area contributed by atoms with Crippen LogP contribution in [0.15, 0.2) is 12.2 Å². The third-order valence-electron chi connectivity index (χ3n) is 17.7. The number of fused-ring (bicyclic) bond motifs is 4. The maximum atomic E-state index is 14.5. The number of rotatable bonds is 6. The molecule has 8 aliphatic rings. The van der Waals surface area contributed by atoms with Gasteiger partial charge >= 0.3 is 0 Å². The number of carbonyl (C=O) groups is 1. The predicted octanol–water partition coefficient (Wildman–Crippen LogP) is 1.99. The SMILES string of the molecule is C[C@H]1O[C@@H](O[C@H]2[C@H](O[C@H]3CC[C@@]4(C)[C@@H](CC[C@]5(C)[C@@H]4C=C[C@]46OC[C@@]7(CCC(C)(C)C[C@H]74)C(=O)C[C@]65C)[C@]3(C)CO)O[C@H](CO)[C@@H](O)[C@@H]2O)[C@H](O)[C@@H](O)[C@H]1O. The predicted molar refractivity (Wildman–Crippen MR) is 196 cm³/mol. The van der Waals surface area contributed by atoms with Crippen molar-refractivity contribution < 1.29 is 64.2 Å². The van der Waals surface area contributed by atoms with E-state index in [1.165, 1.54) is 6.92 Å². The van der Waals surface area contributed by atoms with Crippen LogP contribution in [0.1, 0.15) is 99.8 Å². The van der Waals surface area contributed by atoms with Gasteiger partial charge in [-0.05, 0) is 80.0 Å². The van der Waals surface area contributed by atoms with Crippen molar-refractivity contribution >= 4 is 5.78 Å². The number of aliphatic hydroxyl groups is 7. The van der Waals surface area contributed by atoms with Gasteiger partial charge in [0.05, 0.1) is 43.0 Å². The van der Waals surface area contributed by atoms with Crippen molar-refractivity contribution in [2.45, 2.75) is 173 Å². The summed E-state index contributed by atoms with van der Waals surface area (Å²) >= 11 is 0. The molecule has 7 N–H and O–H groups in total. The van der Waals surface area contributed by atoms with E-state index in [-0.39, 0.29) is 40.6 Å². The average Bonchev–Trinajstić information content (AvgIpc) is 3.41. The second kappa shape index (κ2) is 13.2. The van der Waals surface area contributed by atoms with Gasteiger partial charge in [-0.15, -0.1) is 0 Å². The summed E-state index contributed by atoms with van der Waals surface area (Å²) in [5.41, 5.74) is -2.56. The largest absolute Gasteiger partial charge is 0.396 e. The lowest BCUT2D eigenvalue weighted by atomic mass is 9.32. The lowest BCUT2D eigenvalue weighted by Gasteiger charge is -2.72. The van der Waals surface area contributed by atoms with Gasteiger partial charge in [-0.2, -0.15) is 0 Å². The highest BCUT2D eigenvalue weighted by atomic mass is 16.8. The smallest absolute Gasteiger partial charge is 0.187 e. The summed E-state index contributed by atoms with van der Waals surface area (Å²) in [7, 11) is 0. The zero-order chi connectivity index (χ0) is 39.9. The summed E-state index contributed by atoms with van der Waals surface area (Å²) < 4.78 is 31.5. The first-order valence-corrected chi connectivity index (χ1v) is 20.8. The average molecular weight is 779 g/mol. The fraction of sp³-hybridized carbons (Fsp3) is 0.929. The molecule has 3 aliphatic heterocycles. The van der Waals surface area contributed by atoms with Gasteiger partial charge in [0, 0.05) is 23.2 Å². The van der Waals surface area contributed by atoms with Crippen molar-refractivity contribution in [1.82, 2.24) is 0 Å². The standard InChI is InChI=1S/C42H66O13/c1-21-28(46)30(48)32(50)34(52-21)55-33-31(49)29(47)22(18-43)53-35(33)54-27-10-11-37(4)23(38(27,5)19-44)8-12-39(6)24(37)9-13-42-25-16-36(2,3)14-15-41(25,20-51-42)26(45)17-40(39,42)7/h9,13,21-25,27-35,43-44,46-50H,8,10-12,14-20H2,1-7H3/t21-,22-,23-,24-,25-,27+,28+,29-,30+,31+,32-,33-,34+,35+,37+,38+,39-,40+,41-,42+/m1/s1. The maximum absolute atomic E-state index is 14.5. The molecule has 3 saturated heterocycles. The Morgan fingerprint density at radius 3 is 2.22 bits per heavy atom. The normalized spacial score (nSPS) is 58.3. The van der Waals surface area contributed by atoms with Gasteiger partial charge in [0.1, 0.15) is 48.5 Å². The Hall–Kier alpha value is -1.07. The van der Waals surface area contributed by atoms with Crippen LogP contribution in [0.2, 0.25) is 0 Å². The monoisotopic (exact) mass is 778 g/mol. The van der Waals surface area contributed by atoms with Gasteiger partial charge in [0.2, 0.25) is 0 Å². The summed E-state index contributed by atoms with van der Waals surface area (Å²) in [6.45, 7) is 14.9. The van der Waals surface area contributed by atoms with Crippen molar-refractivity contribution in [1.29, 1.82) is 0 Å². The zero-order valence-corrected chi connectivity index (χ0v) is 33.6. The molecule has 13 heteroatoms. The first-order chi connectivity index (χ1) is 25.7. The van der Waals surface area contributed by atoms with Crippen LogP contribution in [-0.2, 0) is 28.5 Å². The Bertz CT molecular complexity index is 1540. The lowest BCUT2D eigenvalue weighted by molar-refractivity contribution is -0.377. The Labute approximate surface area is 324 Å². The number of ketones is 1. The number of aliphatic hydroxyl groups excluding tert-OH is 7. The Kier molecular flexibility index (Phi) is 9.78. The van der Waals surface area contributed by atoms with E-state index in [4.69, 9.17) is 23.7 Å². The van der Waals surface area contributed by atoms with Crippen LogP contribution in [0.25, 0.3) is 0 Å². The molecule has 4 saturated carbocycles. The van der Waals surface area contributed by atoms with Crippen molar-refractivity contribution in [3.63, 3.8) is 0 Å². The van der Waals surface area contributed by atoms with Gasteiger partial charge in [-0.1, -0.05) is 53.7 Å². The molecular weight excluding hydrogens is 712 g/mol. The third-order valence-corrected chi connectivity index (χ3v) is 17.7. The topological polar surface area (TPSA) is 205 Å². The summed E-state index contributed by atoms with van der Waals surface area (Å²) in [6.07, 6.45) is -3.85. The van der Waals surface area contributed by atoms with Crippen LogP contribution in [-0.4, -0.2) is 134 Å². The molecule has 0 unspecified atom stereocenters. The number of carbonyl (C=O) groups excluding carboxylic acids is 1. The third kappa shape index (κ3) is 5.37. The summed E-state index contributed by atoms with van der Waals surface area (Å²) in [5.74, 6) is 0.579. The van der Waals surface area contributed by atoms with Crippen LogP contribution in [0.3, 0.4) is 0 Å². The highest BCUT2D eigenvalue weighted by molar-refractivity contribution is 5.89. The minimum atomic E-state index is -1.68. The number of hydrogen-bond donors (Lipinski definition) is 7. The first-order valence-electron chi connectivity index (χ1n) is 20.8. The molecule has 0 aromatic heterocycles. The van der Waals surface area contributed by atoms with Crippen molar-refractivity contribution in [2.75, 3.05) is 19.8 Å². The van der Waals surface area contributed by atoms with E-state index >= 15 is 0 Å². The second-order valence-corrected chi connectivity index (χ2v) is 20.8. The van der Waals surface area contributed by atoms with Gasteiger partial charge in [0.25, 0.3) is 0 Å². The van der Waals surface area contributed by atoms with Crippen molar-refractivity contribution in [2.24, 2.45) is 50.2 Å². The molecule has 2 bridgehead atoms. The molecule has 0 aromatic carbocycles. The summed E-state index contributed by atoms with van der Waals surface area (Å²) in [4.78, 5) is 14.5. The molecule has 13 nitrogen and oxygen atoms in total. The van der Waals surface area contributed by atoms with E-state index in [1.54, 1.807) is 0 Å². The van der Waals surface area contributed by atoms with E-state index in [9.17, 15) is 40.5 Å². The minimum absolute atomic E-state index is 0.0197. The van der Waals surface area contributed by atoms with E-state index < -0.39 is 96.0 Å². The van der Waals surface area contributed by atoms with Crippen LogP contribution in [0.5, 0.6) is 0 Å². The quantitative estimate of drug-likeness (QED) is 0.153. The van der Waals surface area contributed by atoms with E-state index in [0.29, 0.717) is 25.2 Å². The van der Waals surface area contributed by atoms with Crippen LogP contribution in [0, 0.1) is 50.2 Å². The fourth-order valence-electron chi connectivity index (χ4n) is 14.0. The van der Waals surface area contributed by atoms with Crippen LogP contribution < -0.4 is 0 Å². The Balaban J connectivity index is 1.09. The molecule has 1 spiro atoms. The fourth-order valence-corrected chi connectivity index (χ4v) is 14.0. The van der Waals surface area contributed by atoms with Gasteiger partial charge in [-0.25, -0.2) is 0 Å². The molecule has 7 fully saturated rings. The van der Waals surface area contributed by atoms with Crippen LogP contribution >= 0.6 is 0 Å². The van der Waals surface area contributed by atoms with E-state index in [2.05, 4.69) is 46.8 Å². The second-order valence-electron chi connectivity index (χ2n) is 20.8. The molecule has 0 aromatic rings. The van der Waals surface area contributed by atoms with E-state index in [0.717, 1.165) is 38.5 Å². The molecule has 8 rings (SSSR count). The highest BCUT2D eigenvalue weighted by Gasteiger charge is 2.79. The molecule has 0 amide bonds. The van der Waals surface area contributed by atoms with Crippen LogP contribution in [0.4, 0.5) is 0 Å². The number of ether oxygens (including phenoxy) is 5. The Morgan fingerprint density at radius 1 is 0.800 bits per heavy atom. The van der Waals surface area contributed by atoms with Gasteiger partial charge in [-0.3, -0.25) is 4.79 Å². The Morgan fingerprint density at radius 2 is 1.53 bits per heavy atom. The molecule has 3 heterocycles. The molecular formula is C42H66O13. The van der Waals surface area contributed by atoms with Gasteiger partial charge < -0.3 is 59.4 Å². The summed E-state index contributed by atoms with van der Waals surface area (Å²) in [6, 6.07) is 0. The number of hydrogen-bond acceptors (Lipinski definition) is 13.